The number of sulfonamides is 1. The van der Waals surface area contributed by atoms with Crippen molar-refractivity contribution in [3.05, 3.63) is 85.5 Å². The number of amides is 3. The number of anilines is 2. The summed E-state index contributed by atoms with van der Waals surface area (Å²) >= 11 is 0. The number of aromatic nitrogens is 1. The third-order valence-corrected chi connectivity index (χ3v) is 8.12. The Labute approximate surface area is 224 Å². The Balaban J connectivity index is 1.40. The van der Waals surface area contributed by atoms with Crippen LogP contribution in [0.25, 0.3) is 22.6 Å². The molecule has 1 atom stereocenters. The Kier molecular flexibility index (Phi) is 6.85. The molecule has 2 heterocycles. The smallest absolute Gasteiger partial charge is 0.252 e. The van der Waals surface area contributed by atoms with E-state index in [1.807, 2.05) is 24.3 Å². The maximum atomic E-state index is 13.5. The number of carbonyl (C=O) groups excluding carboxylic acids is 3. The van der Waals surface area contributed by atoms with E-state index in [9.17, 15) is 22.8 Å². The molecule has 11 heteroatoms. The van der Waals surface area contributed by atoms with Crippen LogP contribution in [0.2, 0.25) is 0 Å². The molecule has 0 bridgehead atoms. The van der Waals surface area contributed by atoms with E-state index in [1.54, 1.807) is 24.3 Å². The summed E-state index contributed by atoms with van der Waals surface area (Å²) in [4.78, 5) is 43.1. The first-order chi connectivity index (χ1) is 18.7. The highest BCUT2D eigenvalue weighted by Gasteiger charge is 2.46. The van der Waals surface area contributed by atoms with Crippen LogP contribution in [0.5, 0.6) is 0 Å². The van der Waals surface area contributed by atoms with Crippen LogP contribution in [-0.4, -0.2) is 48.0 Å². The van der Waals surface area contributed by atoms with E-state index in [4.69, 9.17) is 4.42 Å². The van der Waals surface area contributed by atoms with Crippen molar-refractivity contribution in [2.45, 2.75) is 24.3 Å². The lowest BCUT2D eigenvalue weighted by Crippen LogP contribution is -2.45. The van der Waals surface area contributed by atoms with Gasteiger partial charge in [-0.15, -0.1) is 6.58 Å². The molecular weight excluding hydrogens is 520 g/mol. The first kappa shape index (κ1) is 26.0. The van der Waals surface area contributed by atoms with E-state index in [0.717, 1.165) is 9.21 Å². The number of hydrogen-bond acceptors (Lipinski definition) is 7. The van der Waals surface area contributed by atoms with Crippen molar-refractivity contribution >= 4 is 50.2 Å². The molecule has 5 rings (SSSR count). The highest BCUT2D eigenvalue weighted by atomic mass is 32.2. The summed E-state index contributed by atoms with van der Waals surface area (Å²) < 4.78 is 33.8. The van der Waals surface area contributed by atoms with Crippen LogP contribution < -0.4 is 10.2 Å². The van der Waals surface area contributed by atoms with Gasteiger partial charge in [0.25, 0.3) is 5.91 Å². The number of nitrogens with one attached hydrogen (secondary N) is 1. The Morgan fingerprint density at radius 3 is 2.44 bits per heavy atom. The maximum absolute atomic E-state index is 13.5. The third kappa shape index (κ3) is 4.97. The van der Waals surface area contributed by atoms with Crippen molar-refractivity contribution in [1.29, 1.82) is 0 Å². The second kappa shape index (κ2) is 10.3. The molecule has 0 aliphatic carbocycles. The summed E-state index contributed by atoms with van der Waals surface area (Å²) in [5, 5.41) is 2.57. The fourth-order valence-corrected chi connectivity index (χ4v) is 5.98. The van der Waals surface area contributed by atoms with Crippen molar-refractivity contribution in [2.75, 3.05) is 16.8 Å². The van der Waals surface area contributed by atoms with Crippen LogP contribution in [0.4, 0.5) is 11.4 Å². The molecule has 0 spiro atoms. The molecule has 1 fully saturated rings. The molecule has 3 amide bonds. The minimum Gasteiger partial charge on any atom is -0.436 e. The predicted octanol–water partition coefficient (Wildman–Crippen LogP) is 3.96. The fourth-order valence-electron chi connectivity index (χ4n) is 4.43. The summed E-state index contributed by atoms with van der Waals surface area (Å²) in [5.74, 6) is -1.08. The highest BCUT2D eigenvalue weighted by Crippen LogP contribution is 2.31. The van der Waals surface area contributed by atoms with Gasteiger partial charge in [-0.2, -0.15) is 4.31 Å². The minimum atomic E-state index is -4.18. The Morgan fingerprint density at radius 1 is 1.10 bits per heavy atom. The lowest BCUT2D eigenvalue weighted by molar-refractivity contribution is -0.122. The lowest BCUT2D eigenvalue weighted by Gasteiger charge is -2.25. The van der Waals surface area contributed by atoms with Crippen molar-refractivity contribution in [1.82, 2.24) is 9.29 Å². The SMILES string of the molecule is C=CCN(C1CC(=O)N(c2ccc(-c3nc4ccccc4o3)cc2)C1=O)S(=O)(=O)c1ccc(NC(C)=O)cc1. The summed E-state index contributed by atoms with van der Waals surface area (Å²) in [6.45, 7) is 4.79. The topological polar surface area (TPSA) is 130 Å². The molecule has 1 N–H and O–H groups in total. The van der Waals surface area contributed by atoms with Crippen molar-refractivity contribution < 1.29 is 27.2 Å². The van der Waals surface area contributed by atoms with Crippen molar-refractivity contribution in [3.63, 3.8) is 0 Å². The molecule has 0 radical (unpaired) electrons. The fraction of sp³-hybridized carbons (Fsp3) is 0.143. The second-order valence-electron chi connectivity index (χ2n) is 8.89. The molecule has 0 saturated carbocycles. The maximum Gasteiger partial charge on any atom is 0.252 e. The predicted molar refractivity (Wildman–Crippen MR) is 145 cm³/mol. The standard InChI is InChI=1S/C28H24N4O6S/c1-3-16-31(39(36,37)22-14-10-20(11-15-22)29-18(2)33)24-17-26(34)32(28(24)35)21-12-8-19(9-13-21)27-30-23-6-4-5-7-25(23)38-27/h3-15,24H,1,16-17H2,2H3,(H,29,33). The van der Waals surface area contributed by atoms with Gasteiger partial charge in [-0.05, 0) is 60.7 Å². The number of nitrogens with zero attached hydrogens (tertiary/aromatic N) is 3. The quantitative estimate of drug-likeness (QED) is 0.262. The average molecular weight is 545 g/mol. The van der Waals surface area contributed by atoms with E-state index in [-0.39, 0.29) is 23.8 Å². The zero-order valence-electron chi connectivity index (χ0n) is 20.9. The number of fused-ring (bicyclic) bond motifs is 1. The zero-order valence-corrected chi connectivity index (χ0v) is 21.7. The first-order valence-corrected chi connectivity index (χ1v) is 13.5. The van der Waals surface area contributed by atoms with Gasteiger partial charge in [0.2, 0.25) is 27.7 Å². The van der Waals surface area contributed by atoms with Gasteiger partial charge in [-0.3, -0.25) is 14.4 Å². The van der Waals surface area contributed by atoms with Gasteiger partial charge < -0.3 is 9.73 Å². The second-order valence-corrected chi connectivity index (χ2v) is 10.8. The summed E-state index contributed by atoms with van der Waals surface area (Å²) in [5.41, 5.74) is 2.73. The Bertz CT molecular complexity index is 1660. The number of carbonyl (C=O) groups is 3. The van der Waals surface area contributed by atoms with Crippen LogP contribution in [0, 0.1) is 0 Å². The van der Waals surface area contributed by atoms with E-state index in [2.05, 4.69) is 16.9 Å². The molecule has 1 unspecified atom stereocenters. The Morgan fingerprint density at radius 2 is 1.79 bits per heavy atom. The van der Waals surface area contributed by atoms with Gasteiger partial charge in [0.05, 0.1) is 17.0 Å². The number of para-hydroxylation sites is 2. The monoisotopic (exact) mass is 544 g/mol. The molecule has 39 heavy (non-hydrogen) atoms. The van der Waals surface area contributed by atoms with Crippen LogP contribution in [0.3, 0.4) is 0 Å². The van der Waals surface area contributed by atoms with Gasteiger partial charge in [-0.25, -0.2) is 18.3 Å². The van der Waals surface area contributed by atoms with Crippen LogP contribution >= 0.6 is 0 Å². The normalized spacial score (nSPS) is 15.7. The van der Waals surface area contributed by atoms with Gasteiger partial charge in [0.1, 0.15) is 11.6 Å². The number of imide groups is 1. The molecule has 10 nitrogen and oxygen atoms in total. The molecule has 4 aromatic rings. The molecule has 198 valence electrons. The van der Waals surface area contributed by atoms with E-state index >= 15 is 0 Å². The van der Waals surface area contributed by atoms with E-state index in [0.29, 0.717) is 33.9 Å². The summed E-state index contributed by atoms with van der Waals surface area (Å²) in [7, 11) is -4.18. The number of benzene rings is 3. The van der Waals surface area contributed by atoms with Gasteiger partial charge >= 0.3 is 0 Å². The first-order valence-electron chi connectivity index (χ1n) is 12.0. The molecule has 1 aliphatic rings. The molecule has 1 saturated heterocycles. The van der Waals surface area contributed by atoms with Crippen molar-refractivity contribution in [3.8, 4) is 11.5 Å². The lowest BCUT2D eigenvalue weighted by atomic mass is 10.2. The Hall–Kier alpha value is -4.61. The highest BCUT2D eigenvalue weighted by molar-refractivity contribution is 7.89. The summed E-state index contributed by atoms with van der Waals surface area (Å²) in [6.07, 6.45) is 1.04. The molecular formula is C28H24N4O6S. The molecule has 1 aliphatic heterocycles. The van der Waals surface area contributed by atoms with E-state index < -0.39 is 27.9 Å². The molecule has 1 aromatic heterocycles. The van der Waals surface area contributed by atoms with Crippen molar-refractivity contribution in [2.24, 2.45) is 0 Å². The number of rotatable bonds is 8. The molecule has 3 aromatic carbocycles. The summed E-state index contributed by atoms with van der Waals surface area (Å²) in [6, 6.07) is 18.2. The third-order valence-electron chi connectivity index (χ3n) is 6.23. The number of oxazole rings is 1. The van der Waals surface area contributed by atoms with Crippen LogP contribution in [-0.2, 0) is 24.4 Å². The average Bonchev–Trinajstić information content (AvgIpc) is 3.47. The minimum absolute atomic E-state index is 0.0835. The van der Waals surface area contributed by atoms with Crippen LogP contribution in [0.15, 0.2) is 94.8 Å². The van der Waals surface area contributed by atoms with E-state index in [1.165, 1.54) is 37.3 Å². The van der Waals surface area contributed by atoms with Gasteiger partial charge in [0, 0.05) is 24.7 Å². The number of hydrogen-bond donors (Lipinski definition) is 1. The zero-order chi connectivity index (χ0) is 27.7. The van der Waals surface area contributed by atoms with Crippen LogP contribution in [0.1, 0.15) is 13.3 Å². The largest absolute Gasteiger partial charge is 0.436 e. The van der Waals surface area contributed by atoms with Gasteiger partial charge in [-0.1, -0.05) is 18.2 Å². The van der Waals surface area contributed by atoms with Gasteiger partial charge in [0.15, 0.2) is 5.58 Å².